The summed E-state index contributed by atoms with van der Waals surface area (Å²) in [5.74, 6) is -0.662. The molecule has 4 heterocycles. The Hall–Kier alpha value is -2.21. The van der Waals surface area contributed by atoms with Crippen molar-refractivity contribution < 1.29 is 21.6 Å². The first-order valence-electron chi connectivity index (χ1n) is 8.91. The van der Waals surface area contributed by atoms with Gasteiger partial charge in [0.15, 0.2) is 11.3 Å². The Morgan fingerprint density at radius 1 is 1.29 bits per heavy atom. The second-order valence-electron chi connectivity index (χ2n) is 6.99. The van der Waals surface area contributed by atoms with Crippen molar-refractivity contribution in [1.29, 1.82) is 0 Å². The first kappa shape index (κ1) is 19.1. The van der Waals surface area contributed by atoms with Crippen LogP contribution >= 0.6 is 0 Å². The molecule has 0 saturated carbocycles. The molecule has 0 aromatic carbocycles. The molecule has 0 unspecified atom stereocenters. The van der Waals surface area contributed by atoms with Crippen LogP contribution in [0.2, 0.25) is 0 Å². The van der Waals surface area contributed by atoms with Crippen molar-refractivity contribution >= 4 is 26.8 Å². The number of hydrogen-bond donors (Lipinski definition) is 1. The predicted octanol–water partition coefficient (Wildman–Crippen LogP) is 2.31. The van der Waals surface area contributed by atoms with Gasteiger partial charge in [-0.25, -0.2) is 17.7 Å². The third-order valence-corrected chi connectivity index (χ3v) is 7.07. The summed E-state index contributed by atoms with van der Waals surface area (Å²) >= 11 is 0. The maximum Gasteiger partial charge on any atom is 0.390 e. The van der Waals surface area contributed by atoms with Crippen LogP contribution in [0.4, 0.5) is 13.2 Å². The van der Waals surface area contributed by atoms with E-state index in [4.69, 9.17) is 0 Å². The lowest BCUT2D eigenvalue weighted by atomic mass is 9.93. The van der Waals surface area contributed by atoms with Gasteiger partial charge >= 0.3 is 6.18 Å². The fraction of sp³-hybridized carbons (Fsp3) is 0.562. The lowest BCUT2D eigenvalue weighted by Gasteiger charge is -2.17. The van der Waals surface area contributed by atoms with Gasteiger partial charge in [-0.3, -0.25) is 4.40 Å². The molecule has 3 aromatic rings. The van der Waals surface area contributed by atoms with E-state index >= 15 is 0 Å². The predicted molar refractivity (Wildman–Crippen MR) is 95.2 cm³/mol. The molecule has 1 saturated heterocycles. The Bertz CT molecular complexity index is 1110. The number of hydrogen-bond acceptors (Lipinski definition) is 5. The van der Waals surface area contributed by atoms with E-state index in [9.17, 15) is 21.6 Å². The van der Waals surface area contributed by atoms with Crippen LogP contribution in [0.1, 0.15) is 31.5 Å². The summed E-state index contributed by atoms with van der Waals surface area (Å²) in [5, 5.41) is 8.40. The molecule has 1 fully saturated rings. The van der Waals surface area contributed by atoms with Gasteiger partial charge < -0.3 is 4.98 Å². The highest BCUT2D eigenvalue weighted by Gasteiger charge is 2.42. The Morgan fingerprint density at radius 3 is 2.79 bits per heavy atom. The fourth-order valence-corrected chi connectivity index (χ4v) is 5.33. The Labute approximate surface area is 158 Å². The Balaban J connectivity index is 1.67. The molecule has 0 aliphatic carbocycles. The fourth-order valence-electron chi connectivity index (χ4n) is 3.78. The van der Waals surface area contributed by atoms with Crippen LogP contribution in [0.15, 0.2) is 18.5 Å². The van der Waals surface area contributed by atoms with Crippen molar-refractivity contribution in [1.82, 2.24) is 28.9 Å². The highest BCUT2D eigenvalue weighted by Crippen LogP contribution is 2.36. The second kappa shape index (κ2) is 6.69. The Kier molecular flexibility index (Phi) is 4.57. The van der Waals surface area contributed by atoms with E-state index in [1.807, 2.05) is 17.4 Å². The number of aromatic amines is 1. The van der Waals surface area contributed by atoms with E-state index in [-0.39, 0.29) is 24.9 Å². The minimum Gasteiger partial charge on any atom is -0.345 e. The monoisotopic (exact) mass is 416 g/mol. The van der Waals surface area contributed by atoms with E-state index in [1.165, 1.54) is 0 Å². The summed E-state index contributed by atoms with van der Waals surface area (Å²) in [4.78, 5) is 7.27. The molecule has 1 N–H and O–H groups in total. The maximum absolute atomic E-state index is 12.5. The average molecular weight is 416 g/mol. The average Bonchev–Trinajstić information content (AvgIpc) is 3.34. The molecule has 28 heavy (non-hydrogen) atoms. The van der Waals surface area contributed by atoms with E-state index < -0.39 is 28.4 Å². The number of fused-ring (bicyclic) bond motifs is 3. The van der Waals surface area contributed by atoms with Gasteiger partial charge in [-0.05, 0) is 12.0 Å². The van der Waals surface area contributed by atoms with Gasteiger partial charge in [-0.1, -0.05) is 13.3 Å². The van der Waals surface area contributed by atoms with Crippen LogP contribution in [0.25, 0.3) is 16.8 Å². The first-order valence-corrected chi connectivity index (χ1v) is 10.5. The van der Waals surface area contributed by atoms with E-state index in [0.29, 0.717) is 23.5 Å². The van der Waals surface area contributed by atoms with Crippen molar-refractivity contribution in [2.45, 2.75) is 31.9 Å². The largest absolute Gasteiger partial charge is 0.390 e. The number of aromatic nitrogens is 5. The van der Waals surface area contributed by atoms with Gasteiger partial charge in [-0.15, -0.1) is 10.2 Å². The van der Waals surface area contributed by atoms with E-state index in [2.05, 4.69) is 20.2 Å². The number of rotatable bonds is 5. The molecule has 1 aliphatic heterocycles. The minimum absolute atomic E-state index is 0.0600. The molecule has 152 valence electrons. The first-order chi connectivity index (χ1) is 13.2. The standard InChI is InChI=1S/C16H19F3N6O2S/c1-2-10-8-24(28(26,27)6-4-16(17,18)19)9-11(10)15-23-22-13-7-21-14-12(25(13)15)3-5-20-14/h3,5,7,10-11,20H,2,4,6,8-9H2,1H3/t10-,11+/m1/s1. The smallest absolute Gasteiger partial charge is 0.345 e. The van der Waals surface area contributed by atoms with Gasteiger partial charge in [-0.2, -0.15) is 13.2 Å². The summed E-state index contributed by atoms with van der Waals surface area (Å²) in [6, 6.07) is 1.83. The van der Waals surface area contributed by atoms with Crippen LogP contribution in [-0.4, -0.2) is 62.3 Å². The van der Waals surface area contributed by atoms with Crippen LogP contribution < -0.4 is 0 Å². The number of nitrogens with one attached hydrogen (secondary N) is 1. The highest BCUT2D eigenvalue weighted by atomic mass is 32.2. The SMILES string of the molecule is CC[C@@H]1CN(S(=O)(=O)CCC(F)(F)F)C[C@@H]1c1nnc2cnc3[nH]ccc3n12. The molecule has 1 aliphatic rings. The molecular weight excluding hydrogens is 397 g/mol. The van der Waals surface area contributed by atoms with Crippen molar-refractivity contribution in [3.63, 3.8) is 0 Å². The third kappa shape index (κ3) is 3.34. The summed E-state index contributed by atoms with van der Waals surface area (Å²) in [5.41, 5.74) is 1.95. The lowest BCUT2D eigenvalue weighted by Crippen LogP contribution is -2.33. The zero-order valence-corrected chi connectivity index (χ0v) is 15.8. The van der Waals surface area contributed by atoms with Crippen molar-refractivity contribution in [3.8, 4) is 0 Å². The van der Waals surface area contributed by atoms with E-state index in [0.717, 1.165) is 9.82 Å². The summed E-state index contributed by atoms with van der Waals surface area (Å²) < 4.78 is 65.4. The molecule has 0 spiro atoms. The Morgan fingerprint density at radius 2 is 2.07 bits per heavy atom. The second-order valence-corrected chi connectivity index (χ2v) is 9.08. The van der Waals surface area contributed by atoms with Crippen LogP contribution in [0.3, 0.4) is 0 Å². The summed E-state index contributed by atoms with van der Waals surface area (Å²) in [7, 11) is -4.01. The lowest BCUT2D eigenvalue weighted by molar-refractivity contribution is -0.130. The molecule has 4 rings (SSSR count). The van der Waals surface area contributed by atoms with Crippen LogP contribution in [-0.2, 0) is 10.0 Å². The van der Waals surface area contributed by atoms with Crippen LogP contribution in [0, 0.1) is 5.92 Å². The minimum atomic E-state index is -4.51. The van der Waals surface area contributed by atoms with Gasteiger partial charge in [0.05, 0.1) is 23.9 Å². The summed E-state index contributed by atoms with van der Waals surface area (Å²) in [6.45, 7) is 2.20. The van der Waals surface area contributed by atoms with E-state index in [1.54, 1.807) is 12.4 Å². The zero-order valence-electron chi connectivity index (χ0n) is 15.0. The van der Waals surface area contributed by atoms with Crippen molar-refractivity contribution in [2.75, 3.05) is 18.8 Å². The third-order valence-electron chi connectivity index (χ3n) is 5.27. The van der Waals surface area contributed by atoms with Gasteiger partial charge in [0.2, 0.25) is 10.0 Å². The van der Waals surface area contributed by atoms with Crippen molar-refractivity contribution in [2.24, 2.45) is 5.92 Å². The van der Waals surface area contributed by atoms with Gasteiger partial charge in [0.1, 0.15) is 5.82 Å². The molecule has 0 radical (unpaired) electrons. The quantitative estimate of drug-likeness (QED) is 0.689. The van der Waals surface area contributed by atoms with Gasteiger partial charge in [0, 0.05) is 25.2 Å². The molecule has 2 atom stereocenters. The van der Waals surface area contributed by atoms with Crippen molar-refractivity contribution in [3.05, 3.63) is 24.3 Å². The number of halogens is 3. The number of H-pyrrole nitrogens is 1. The normalized spacial score (nSPS) is 21.9. The molecule has 0 bridgehead atoms. The molecule has 12 heteroatoms. The summed E-state index contributed by atoms with van der Waals surface area (Å²) in [6.07, 6.45) is -1.88. The molecule has 8 nitrogen and oxygen atoms in total. The molecule has 0 amide bonds. The topological polar surface area (TPSA) is 96.2 Å². The number of nitrogens with zero attached hydrogens (tertiary/aromatic N) is 5. The zero-order chi connectivity index (χ0) is 20.1. The van der Waals surface area contributed by atoms with Gasteiger partial charge in [0.25, 0.3) is 0 Å². The highest BCUT2D eigenvalue weighted by molar-refractivity contribution is 7.89. The molecule has 3 aromatic heterocycles. The number of sulfonamides is 1. The molecular formula is C16H19F3N6O2S. The van der Waals surface area contributed by atoms with Crippen LogP contribution in [0.5, 0.6) is 0 Å². The number of alkyl halides is 3. The maximum atomic E-state index is 12.5.